The molecule has 0 radical (unpaired) electrons. The second-order valence-corrected chi connectivity index (χ2v) is 5.31. The van der Waals surface area contributed by atoms with Crippen LogP contribution in [0, 0.1) is 0 Å². The van der Waals surface area contributed by atoms with Gasteiger partial charge in [-0.3, -0.25) is 0 Å². The van der Waals surface area contributed by atoms with Crippen molar-refractivity contribution >= 4 is 39.4 Å². The molecule has 3 rings (SSSR count). The van der Waals surface area contributed by atoms with E-state index in [0.717, 1.165) is 17.0 Å². The van der Waals surface area contributed by atoms with Gasteiger partial charge in [0.15, 0.2) is 5.13 Å². The third kappa shape index (κ3) is 2.65. The monoisotopic (exact) mass is 282 g/mol. The van der Waals surface area contributed by atoms with E-state index in [2.05, 4.69) is 29.2 Å². The van der Waals surface area contributed by atoms with Gasteiger partial charge in [-0.15, -0.1) is 11.3 Å². The summed E-state index contributed by atoms with van der Waals surface area (Å²) in [6.07, 6.45) is 4.01. The van der Waals surface area contributed by atoms with E-state index in [1.54, 1.807) is 7.11 Å². The molecule has 0 aliphatic carbocycles. The van der Waals surface area contributed by atoms with Crippen LogP contribution in [-0.2, 0) is 0 Å². The minimum Gasteiger partial charge on any atom is -0.497 e. The molecule has 0 unspecified atom stereocenters. The van der Waals surface area contributed by atoms with Gasteiger partial charge in [-0.2, -0.15) is 0 Å². The Balaban J connectivity index is 1.91. The highest BCUT2D eigenvalue weighted by Crippen LogP contribution is 2.23. The first kappa shape index (κ1) is 12.7. The van der Waals surface area contributed by atoms with Gasteiger partial charge >= 0.3 is 0 Å². The van der Waals surface area contributed by atoms with Crippen molar-refractivity contribution < 1.29 is 4.74 Å². The maximum absolute atomic E-state index is 5.61. The van der Waals surface area contributed by atoms with Crippen LogP contribution in [0.25, 0.3) is 22.9 Å². The Morgan fingerprint density at radius 2 is 1.90 bits per heavy atom. The number of methoxy groups -OCH3 is 1. The van der Waals surface area contributed by atoms with E-state index in [9.17, 15) is 0 Å². The van der Waals surface area contributed by atoms with Crippen molar-refractivity contribution in [3.05, 3.63) is 53.0 Å². The second kappa shape index (κ2) is 5.35. The van der Waals surface area contributed by atoms with Crippen LogP contribution >= 0.6 is 11.3 Å². The van der Waals surface area contributed by atoms with Gasteiger partial charge in [-0.05, 0) is 40.6 Å². The minimum atomic E-state index is 0.593. The van der Waals surface area contributed by atoms with Gasteiger partial charge in [0.05, 0.1) is 12.8 Å². The molecule has 0 fully saturated rings. The number of hydrogen-bond donors (Lipinski definition) is 1. The summed E-state index contributed by atoms with van der Waals surface area (Å²) in [5, 5.41) is 4.89. The number of aromatic nitrogens is 1. The van der Waals surface area contributed by atoms with Crippen molar-refractivity contribution in [1.82, 2.24) is 4.98 Å². The number of hydrogen-bond acceptors (Lipinski definition) is 4. The highest BCUT2D eigenvalue weighted by Gasteiger charge is 1.98. The number of thiazole rings is 1. The van der Waals surface area contributed by atoms with Crippen LogP contribution in [0.5, 0.6) is 5.75 Å². The van der Waals surface area contributed by atoms with E-state index in [1.165, 1.54) is 22.1 Å². The number of benzene rings is 2. The Hall–Kier alpha value is -2.33. The lowest BCUT2D eigenvalue weighted by Crippen LogP contribution is -1.83. The molecule has 2 aromatic carbocycles. The van der Waals surface area contributed by atoms with Crippen molar-refractivity contribution in [2.45, 2.75) is 0 Å². The average Bonchev–Trinajstić information content (AvgIpc) is 2.90. The first-order chi connectivity index (χ1) is 9.74. The molecule has 0 saturated heterocycles. The van der Waals surface area contributed by atoms with Crippen LogP contribution in [0.3, 0.4) is 0 Å². The van der Waals surface area contributed by atoms with Gasteiger partial charge in [0, 0.05) is 5.38 Å². The standard InChI is InChI=1S/C16H14N2OS/c1-19-15-7-5-12-8-11(2-4-13(12)9-15)3-6-14-10-20-16(17)18-14/h2-10H,1H3,(H2,17,18). The van der Waals surface area contributed by atoms with Gasteiger partial charge in [0.2, 0.25) is 0 Å². The molecule has 0 aliphatic heterocycles. The summed E-state index contributed by atoms with van der Waals surface area (Å²) in [4.78, 5) is 4.20. The zero-order chi connectivity index (χ0) is 13.9. The third-order valence-electron chi connectivity index (χ3n) is 3.06. The zero-order valence-electron chi connectivity index (χ0n) is 11.0. The molecular weight excluding hydrogens is 268 g/mol. The van der Waals surface area contributed by atoms with E-state index in [4.69, 9.17) is 10.5 Å². The predicted molar refractivity (Wildman–Crippen MR) is 86.0 cm³/mol. The van der Waals surface area contributed by atoms with E-state index in [-0.39, 0.29) is 0 Å². The number of ether oxygens (including phenoxy) is 1. The Bertz CT molecular complexity index is 777. The minimum absolute atomic E-state index is 0.593. The number of fused-ring (bicyclic) bond motifs is 1. The molecule has 1 aromatic heterocycles. The lowest BCUT2D eigenvalue weighted by molar-refractivity contribution is 0.415. The summed E-state index contributed by atoms with van der Waals surface area (Å²) >= 11 is 1.45. The summed E-state index contributed by atoms with van der Waals surface area (Å²) in [6.45, 7) is 0. The molecule has 0 spiro atoms. The Morgan fingerprint density at radius 1 is 1.10 bits per heavy atom. The quantitative estimate of drug-likeness (QED) is 0.788. The first-order valence-electron chi connectivity index (χ1n) is 6.21. The molecule has 0 saturated carbocycles. The SMILES string of the molecule is COc1ccc2cc(C=Cc3csc(N)n3)ccc2c1. The molecule has 20 heavy (non-hydrogen) atoms. The third-order valence-corrected chi connectivity index (χ3v) is 3.75. The number of nitrogens with two attached hydrogens (primary N) is 1. The van der Waals surface area contributed by atoms with Crippen LogP contribution in [0.4, 0.5) is 5.13 Å². The molecule has 2 N–H and O–H groups in total. The van der Waals surface area contributed by atoms with E-state index < -0.39 is 0 Å². The van der Waals surface area contributed by atoms with Gasteiger partial charge < -0.3 is 10.5 Å². The van der Waals surface area contributed by atoms with Gasteiger partial charge in [0.1, 0.15) is 5.75 Å². The van der Waals surface area contributed by atoms with Crippen LogP contribution in [0.1, 0.15) is 11.3 Å². The average molecular weight is 282 g/mol. The maximum Gasteiger partial charge on any atom is 0.180 e. The predicted octanol–water partition coefficient (Wildman–Crippen LogP) is 4.06. The topological polar surface area (TPSA) is 48.1 Å². The summed E-state index contributed by atoms with van der Waals surface area (Å²) in [6, 6.07) is 12.4. The fourth-order valence-electron chi connectivity index (χ4n) is 2.03. The molecule has 0 aliphatic rings. The molecule has 3 aromatic rings. The maximum atomic E-state index is 5.61. The fourth-order valence-corrected chi connectivity index (χ4v) is 2.56. The van der Waals surface area contributed by atoms with Gasteiger partial charge in [-0.1, -0.05) is 24.3 Å². The number of anilines is 1. The van der Waals surface area contributed by atoms with Crippen LogP contribution < -0.4 is 10.5 Å². The number of nitrogens with zero attached hydrogens (tertiary/aromatic N) is 1. The Labute approximate surface area is 121 Å². The second-order valence-electron chi connectivity index (χ2n) is 4.42. The highest BCUT2D eigenvalue weighted by atomic mass is 32.1. The number of rotatable bonds is 3. The van der Waals surface area contributed by atoms with Crippen LogP contribution in [0.2, 0.25) is 0 Å². The molecule has 3 nitrogen and oxygen atoms in total. The normalized spacial score (nSPS) is 11.2. The highest BCUT2D eigenvalue weighted by molar-refractivity contribution is 7.13. The largest absolute Gasteiger partial charge is 0.497 e. The summed E-state index contributed by atoms with van der Waals surface area (Å²) in [7, 11) is 1.68. The summed E-state index contributed by atoms with van der Waals surface area (Å²) in [5.41, 5.74) is 7.64. The summed E-state index contributed by atoms with van der Waals surface area (Å²) < 4.78 is 5.23. The van der Waals surface area contributed by atoms with Crippen LogP contribution in [0.15, 0.2) is 41.8 Å². The van der Waals surface area contributed by atoms with E-state index in [0.29, 0.717) is 5.13 Å². The van der Waals surface area contributed by atoms with E-state index >= 15 is 0 Å². The Kier molecular flexibility index (Phi) is 3.39. The fraction of sp³-hybridized carbons (Fsp3) is 0.0625. The van der Waals surface area contributed by atoms with Gasteiger partial charge in [0.25, 0.3) is 0 Å². The molecule has 0 amide bonds. The van der Waals surface area contributed by atoms with Crippen molar-refractivity contribution in [3.8, 4) is 5.75 Å². The van der Waals surface area contributed by atoms with Crippen molar-refractivity contribution in [3.63, 3.8) is 0 Å². The molecular formula is C16H14N2OS. The van der Waals surface area contributed by atoms with Gasteiger partial charge in [-0.25, -0.2) is 4.98 Å². The number of nitrogen functional groups attached to an aromatic ring is 1. The lowest BCUT2D eigenvalue weighted by Gasteiger charge is -2.03. The molecule has 100 valence electrons. The molecule has 1 heterocycles. The van der Waals surface area contributed by atoms with Crippen molar-refractivity contribution in [2.75, 3.05) is 12.8 Å². The lowest BCUT2D eigenvalue weighted by atomic mass is 10.1. The Morgan fingerprint density at radius 3 is 2.65 bits per heavy atom. The van der Waals surface area contributed by atoms with Crippen molar-refractivity contribution in [2.24, 2.45) is 0 Å². The smallest absolute Gasteiger partial charge is 0.180 e. The zero-order valence-corrected chi connectivity index (χ0v) is 11.9. The summed E-state index contributed by atoms with van der Waals surface area (Å²) in [5.74, 6) is 0.874. The van der Waals surface area contributed by atoms with E-state index in [1.807, 2.05) is 29.7 Å². The first-order valence-corrected chi connectivity index (χ1v) is 7.09. The van der Waals surface area contributed by atoms with Crippen LogP contribution in [-0.4, -0.2) is 12.1 Å². The molecule has 4 heteroatoms. The molecule has 0 atom stereocenters. The van der Waals surface area contributed by atoms with Crippen molar-refractivity contribution in [1.29, 1.82) is 0 Å². The molecule has 0 bridgehead atoms.